The van der Waals surface area contributed by atoms with E-state index in [0.29, 0.717) is 41.8 Å². The van der Waals surface area contributed by atoms with Crippen LogP contribution in [-0.2, 0) is 6.54 Å². The highest BCUT2D eigenvalue weighted by molar-refractivity contribution is 6.32. The lowest BCUT2D eigenvalue weighted by Gasteiger charge is -2.13. The lowest BCUT2D eigenvalue weighted by atomic mass is 10.0. The molecule has 0 aliphatic carbocycles. The molecular weight excluding hydrogens is 326 g/mol. The number of hydrogen-bond acceptors (Lipinski definition) is 3. The Kier molecular flexibility index (Phi) is 4.95. The number of hydrogen-bond donors (Lipinski definition) is 1. The summed E-state index contributed by atoms with van der Waals surface area (Å²) in [7, 11) is 0. The molecule has 1 N–H and O–H groups in total. The number of halogens is 1. The molecular formula is C19H20ClNO3. The number of carbonyl (C=O) groups is 1. The first-order valence-corrected chi connectivity index (χ1v) is 8.36. The van der Waals surface area contributed by atoms with Crippen LogP contribution in [0.25, 0.3) is 0 Å². The maximum atomic E-state index is 12.4. The summed E-state index contributed by atoms with van der Waals surface area (Å²) in [5.41, 5.74) is 3.58. The first kappa shape index (κ1) is 16.7. The molecule has 0 bridgehead atoms. The van der Waals surface area contributed by atoms with Gasteiger partial charge in [-0.3, -0.25) is 4.79 Å². The first-order chi connectivity index (χ1) is 11.5. The molecule has 1 aliphatic heterocycles. The molecule has 5 heteroatoms. The van der Waals surface area contributed by atoms with Crippen molar-refractivity contribution in [2.45, 2.75) is 26.8 Å². The van der Waals surface area contributed by atoms with Gasteiger partial charge in [0.15, 0.2) is 11.5 Å². The highest BCUT2D eigenvalue weighted by Gasteiger charge is 2.16. The Labute approximate surface area is 146 Å². The van der Waals surface area contributed by atoms with Crippen molar-refractivity contribution in [2.24, 2.45) is 0 Å². The van der Waals surface area contributed by atoms with Gasteiger partial charge in [0.2, 0.25) is 0 Å². The van der Waals surface area contributed by atoms with Gasteiger partial charge in [-0.25, -0.2) is 0 Å². The Bertz CT molecular complexity index is 773. The third-order valence-corrected chi connectivity index (χ3v) is 4.23. The standard InChI is InChI=1S/C19H20ClNO3/c1-12-4-5-13(2)15(8-12)19(22)21-11-14-9-16(20)18-17(10-14)23-6-3-7-24-18/h4-5,8-10H,3,6-7,11H2,1-2H3,(H,21,22). The first-order valence-electron chi connectivity index (χ1n) is 7.98. The fourth-order valence-electron chi connectivity index (χ4n) is 2.64. The molecule has 0 radical (unpaired) electrons. The van der Waals surface area contributed by atoms with E-state index in [9.17, 15) is 4.79 Å². The Hall–Kier alpha value is -2.20. The topological polar surface area (TPSA) is 47.6 Å². The quantitative estimate of drug-likeness (QED) is 0.913. The summed E-state index contributed by atoms with van der Waals surface area (Å²) in [6.07, 6.45) is 0.823. The van der Waals surface area contributed by atoms with Crippen molar-refractivity contribution < 1.29 is 14.3 Å². The van der Waals surface area contributed by atoms with Crippen molar-refractivity contribution in [3.63, 3.8) is 0 Å². The van der Waals surface area contributed by atoms with Crippen LogP contribution in [0.4, 0.5) is 0 Å². The van der Waals surface area contributed by atoms with Crippen molar-refractivity contribution in [3.05, 3.63) is 57.6 Å². The minimum absolute atomic E-state index is 0.0977. The average Bonchev–Trinajstić information content (AvgIpc) is 2.80. The zero-order valence-corrected chi connectivity index (χ0v) is 14.6. The number of nitrogens with one attached hydrogen (secondary N) is 1. The Morgan fingerprint density at radius 3 is 2.79 bits per heavy atom. The van der Waals surface area contributed by atoms with Crippen LogP contribution in [0.5, 0.6) is 11.5 Å². The zero-order chi connectivity index (χ0) is 17.1. The third-order valence-electron chi connectivity index (χ3n) is 3.95. The van der Waals surface area contributed by atoms with Gasteiger partial charge >= 0.3 is 0 Å². The summed E-state index contributed by atoms with van der Waals surface area (Å²) in [6.45, 7) is 5.47. The smallest absolute Gasteiger partial charge is 0.251 e. The molecule has 0 saturated heterocycles. The van der Waals surface area contributed by atoms with Crippen molar-refractivity contribution in [3.8, 4) is 11.5 Å². The molecule has 0 aromatic heterocycles. The van der Waals surface area contributed by atoms with E-state index in [1.807, 2.05) is 38.1 Å². The maximum absolute atomic E-state index is 12.4. The number of ether oxygens (including phenoxy) is 2. The van der Waals surface area contributed by atoms with Crippen LogP contribution in [0.1, 0.15) is 33.5 Å². The molecule has 1 amide bonds. The molecule has 0 fully saturated rings. The van der Waals surface area contributed by atoms with E-state index in [4.69, 9.17) is 21.1 Å². The third kappa shape index (κ3) is 3.65. The number of carbonyl (C=O) groups excluding carboxylic acids is 1. The fourth-order valence-corrected chi connectivity index (χ4v) is 2.93. The Morgan fingerprint density at radius 1 is 1.17 bits per heavy atom. The summed E-state index contributed by atoms with van der Waals surface area (Å²) in [5, 5.41) is 3.44. The lowest BCUT2D eigenvalue weighted by Crippen LogP contribution is -2.23. The molecule has 0 atom stereocenters. The number of rotatable bonds is 3. The van der Waals surface area contributed by atoms with Crippen molar-refractivity contribution in [1.29, 1.82) is 0 Å². The number of fused-ring (bicyclic) bond motifs is 1. The summed E-state index contributed by atoms with van der Waals surface area (Å²) < 4.78 is 11.3. The predicted octanol–water partition coefficient (Wildman–Crippen LogP) is 4.05. The highest BCUT2D eigenvalue weighted by Crippen LogP contribution is 2.37. The van der Waals surface area contributed by atoms with E-state index < -0.39 is 0 Å². The predicted molar refractivity (Wildman–Crippen MR) is 94.1 cm³/mol. The van der Waals surface area contributed by atoms with Gasteiger partial charge in [0.05, 0.1) is 18.2 Å². The molecule has 0 spiro atoms. The molecule has 126 valence electrons. The lowest BCUT2D eigenvalue weighted by molar-refractivity contribution is 0.0950. The van der Waals surface area contributed by atoms with Gasteiger partial charge in [0.1, 0.15) is 0 Å². The van der Waals surface area contributed by atoms with Crippen LogP contribution in [0, 0.1) is 13.8 Å². The highest BCUT2D eigenvalue weighted by atomic mass is 35.5. The minimum Gasteiger partial charge on any atom is -0.489 e. The second-order valence-corrected chi connectivity index (χ2v) is 6.36. The molecule has 0 unspecified atom stereocenters. The SMILES string of the molecule is Cc1ccc(C)c(C(=O)NCc2cc(Cl)c3c(c2)OCCCO3)c1. The molecule has 24 heavy (non-hydrogen) atoms. The summed E-state index contributed by atoms with van der Waals surface area (Å²) >= 11 is 6.28. The fraction of sp³-hybridized carbons (Fsp3) is 0.316. The van der Waals surface area contributed by atoms with Gasteiger partial charge in [0, 0.05) is 18.5 Å². The summed E-state index contributed by atoms with van der Waals surface area (Å²) in [4.78, 5) is 12.4. The van der Waals surface area contributed by atoms with Gasteiger partial charge in [0.25, 0.3) is 5.91 Å². The van der Waals surface area contributed by atoms with E-state index in [1.54, 1.807) is 6.07 Å². The van der Waals surface area contributed by atoms with E-state index >= 15 is 0 Å². The second-order valence-electron chi connectivity index (χ2n) is 5.96. The van der Waals surface area contributed by atoms with Crippen molar-refractivity contribution >= 4 is 17.5 Å². The van der Waals surface area contributed by atoms with Gasteiger partial charge in [-0.05, 0) is 43.2 Å². The van der Waals surface area contributed by atoms with Gasteiger partial charge in [-0.15, -0.1) is 0 Å². The van der Waals surface area contributed by atoms with E-state index in [0.717, 1.165) is 23.1 Å². The number of benzene rings is 2. The molecule has 2 aromatic carbocycles. The molecule has 4 nitrogen and oxygen atoms in total. The molecule has 1 aliphatic rings. The largest absolute Gasteiger partial charge is 0.489 e. The van der Waals surface area contributed by atoms with Crippen LogP contribution in [0.15, 0.2) is 30.3 Å². The number of amides is 1. The van der Waals surface area contributed by atoms with Crippen LogP contribution in [0.3, 0.4) is 0 Å². The summed E-state index contributed by atoms with van der Waals surface area (Å²) in [6, 6.07) is 9.52. The summed E-state index contributed by atoms with van der Waals surface area (Å²) in [5.74, 6) is 1.12. The van der Waals surface area contributed by atoms with Gasteiger partial charge in [-0.2, -0.15) is 0 Å². The van der Waals surface area contributed by atoms with Gasteiger partial charge in [-0.1, -0.05) is 29.3 Å². The Morgan fingerprint density at radius 2 is 1.96 bits per heavy atom. The normalized spacial score (nSPS) is 13.3. The van der Waals surface area contributed by atoms with Crippen LogP contribution in [0.2, 0.25) is 5.02 Å². The van der Waals surface area contributed by atoms with Gasteiger partial charge < -0.3 is 14.8 Å². The van der Waals surface area contributed by atoms with Crippen LogP contribution >= 0.6 is 11.6 Å². The maximum Gasteiger partial charge on any atom is 0.251 e. The Balaban J connectivity index is 1.75. The van der Waals surface area contributed by atoms with Crippen LogP contribution < -0.4 is 14.8 Å². The van der Waals surface area contributed by atoms with Crippen molar-refractivity contribution in [1.82, 2.24) is 5.32 Å². The monoisotopic (exact) mass is 345 g/mol. The van der Waals surface area contributed by atoms with E-state index in [2.05, 4.69) is 5.32 Å². The minimum atomic E-state index is -0.0977. The van der Waals surface area contributed by atoms with E-state index in [1.165, 1.54) is 0 Å². The molecule has 2 aromatic rings. The second kappa shape index (κ2) is 7.14. The zero-order valence-electron chi connectivity index (χ0n) is 13.8. The van der Waals surface area contributed by atoms with Crippen LogP contribution in [-0.4, -0.2) is 19.1 Å². The number of aryl methyl sites for hydroxylation is 2. The van der Waals surface area contributed by atoms with Crippen molar-refractivity contribution in [2.75, 3.05) is 13.2 Å². The molecule has 3 rings (SSSR count). The molecule has 1 heterocycles. The van der Waals surface area contributed by atoms with E-state index in [-0.39, 0.29) is 5.91 Å². The average molecular weight is 346 g/mol. The molecule has 0 saturated carbocycles.